The first-order valence-corrected chi connectivity index (χ1v) is 11.2. The van der Waals surface area contributed by atoms with Crippen molar-refractivity contribution >= 4 is 5.69 Å². The summed E-state index contributed by atoms with van der Waals surface area (Å²) in [5.74, 6) is 1.53. The first kappa shape index (κ1) is 19.1. The van der Waals surface area contributed by atoms with Crippen molar-refractivity contribution in [3.05, 3.63) is 23.8 Å². The van der Waals surface area contributed by atoms with Crippen LogP contribution in [0.15, 0.2) is 18.2 Å². The molecule has 4 rings (SSSR count). The monoisotopic (exact) mass is 371 g/mol. The number of hydrogen-bond acceptors (Lipinski definition) is 4. The van der Waals surface area contributed by atoms with Crippen molar-refractivity contribution in [3.63, 3.8) is 0 Å². The van der Waals surface area contributed by atoms with Crippen LogP contribution in [-0.4, -0.2) is 55.2 Å². The molecular weight excluding hydrogens is 334 g/mol. The quantitative estimate of drug-likeness (QED) is 0.803. The van der Waals surface area contributed by atoms with E-state index in [9.17, 15) is 0 Å². The summed E-state index contributed by atoms with van der Waals surface area (Å²) in [6.07, 6.45) is 12.3. The van der Waals surface area contributed by atoms with Gasteiger partial charge in [-0.2, -0.15) is 0 Å². The van der Waals surface area contributed by atoms with E-state index >= 15 is 0 Å². The molecule has 4 nitrogen and oxygen atoms in total. The number of piperazine rings is 1. The average Bonchev–Trinajstić information content (AvgIpc) is 2.74. The second kappa shape index (κ2) is 8.83. The highest BCUT2D eigenvalue weighted by atomic mass is 16.5. The van der Waals surface area contributed by atoms with Gasteiger partial charge < -0.3 is 10.5 Å². The molecule has 2 N–H and O–H groups in total. The van der Waals surface area contributed by atoms with Gasteiger partial charge in [-0.25, -0.2) is 0 Å². The van der Waals surface area contributed by atoms with Crippen LogP contribution in [0, 0.1) is 0 Å². The van der Waals surface area contributed by atoms with E-state index in [1.54, 1.807) is 7.11 Å². The molecule has 1 saturated heterocycles. The number of methoxy groups -OCH3 is 1. The number of nitrogen functional groups attached to an aromatic ring is 1. The van der Waals surface area contributed by atoms with Gasteiger partial charge in [0.15, 0.2) is 0 Å². The van der Waals surface area contributed by atoms with Crippen LogP contribution in [0.25, 0.3) is 0 Å². The van der Waals surface area contributed by atoms with Crippen LogP contribution in [0.4, 0.5) is 5.69 Å². The molecule has 0 radical (unpaired) electrons. The summed E-state index contributed by atoms with van der Waals surface area (Å²) >= 11 is 0. The SMILES string of the molecule is COc1cccc(N)c1[C@H]1CC[C@H](N2CCN(C3CCCCC3)CC2)CC1. The Kier molecular flexibility index (Phi) is 6.24. The molecule has 3 fully saturated rings. The molecule has 1 aromatic carbocycles. The maximum absolute atomic E-state index is 6.30. The fourth-order valence-corrected chi connectivity index (χ4v) is 5.82. The van der Waals surface area contributed by atoms with Crippen molar-refractivity contribution in [1.29, 1.82) is 0 Å². The Balaban J connectivity index is 1.29. The van der Waals surface area contributed by atoms with Gasteiger partial charge in [0, 0.05) is 49.5 Å². The summed E-state index contributed by atoms with van der Waals surface area (Å²) in [5.41, 5.74) is 8.45. The molecule has 0 unspecified atom stereocenters. The third-order valence-electron chi connectivity index (χ3n) is 7.38. The Morgan fingerprint density at radius 1 is 0.815 bits per heavy atom. The molecule has 3 aliphatic rings. The van der Waals surface area contributed by atoms with E-state index in [-0.39, 0.29) is 0 Å². The summed E-state index contributed by atoms with van der Waals surface area (Å²) in [6.45, 7) is 5.10. The molecule has 4 heteroatoms. The van der Waals surface area contributed by atoms with E-state index in [2.05, 4.69) is 15.9 Å². The molecule has 0 aromatic heterocycles. The fraction of sp³-hybridized carbons (Fsp3) is 0.739. The lowest BCUT2D eigenvalue weighted by Crippen LogP contribution is -2.53. The highest BCUT2D eigenvalue weighted by Crippen LogP contribution is 2.41. The Morgan fingerprint density at radius 3 is 2.00 bits per heavy atom. The zero-order chi connectivity index (χ0) is 18.6. The minimum absolute atomic E-state index is 0.556. The Bertz CT molecular complexity index is 598. The van der Waals surface area contributed by atoms with Crippen molar-refractivity contribution in [3.8, 4) is 5.75 Å². The number of nitrogens with two attached hydrogens (primary N) is 1. The standard InChI is InChI=1S/C23H37N3O/c1-27-22-9-5-8-21(24)23(22)18-10-12-20(13-11-18)26-16-14-25(15-17-26)19-6-3-2-4-7-19/h5,8-9,18-20H,2-4,6-7,10-17,24H2,1H3/t18-,20-. The minimum atomic E-state index is 0.556. The van der Waals surface area contributed by atoms with Gasteiger partial charge in [-0.3, -0.25) is 9.80 Å². The van der Waals surface area contributed by atoms with Crippen LogP contribution in [0.1, 0.15) is 69.3 Å². The van der Waals surface area contributed by atoms with Crippen molar-refractivity contribution in [1.82, 2.24) is 9.80 Å². The Morgan fingerprint density at radius 2 is 1.41 bits per heavy atom. The van der Waals surface area contributed by atoms with Crippen molar-refractivity contribution in [2.75, 3.05) is 39.0 Å². The second-order valence-corrected chi connectivity index (χ2v) is 8.83. The normalized spacial score (nSPS) is 28.9. The molecule has 1 heterocycles. The molecule has 150 valence electrons. The lowest BCUT2D eigenvalue weighted by atomic mass is 9.80. The third-order valence-corrected chi connectivity index (χ3v) is 7.38. The highest BCUT2D eigenvalue weighted by Gasteiger charge is 2.32. The first-order valence-electron chi connectivity index (χ1n) is 11.2. The number of benzene rings is 1. The molecule has 0 bridgehead atoms. The first-order chi connectivity index (χ1) is 13.3. The predicted molar refractivity (Wildman–Crippen MR) is 112 cm³/mol. The summed E-state index contributed by atoms with van der Waals surface area (Å²) in [6, 6.07) is 7.72. The van der Waals surface area contributed by atoms with Gasteiger partial charge in [-0.05, 0) is 56.6 Å². The highest BCUT2D eigenvalue weighted by molar-refractivity contribution is 5.56. The van der Waals surface area contributed by atoms with Crippen LogP contribution in [-0.2, 0) is 0 Å². The van der Waals surface area contributed by atoms with Gasteiger partial charge in [-0.15, -0.1) is 0 Å². The minimum Gasteiger partial charge on any atom is -0.496 e. The lowest BCUT2D eigenvalue weighted by molar-refractivity contribution is 0.0445. The Labute approximate surface area is 165 Å². The van der Waals surface area contributed by atoms with E-state index in [4.69, 9.17) is 10.5 Å². The van der Waals surface area contributed by atoms with Crippen molar-refractivity contribution in [2.45, 2.75) is 75.8 Å². The molecule has 27 heavy (non-hydrogen) atoms. The molecule has 0 atom stereocenters. The van der Waals surface area contributed by atoms with Crippen LogP contribution in [0.5, 0.6) is 5.75 Å². The van der Waals surface area contributed by atoms with Gasteiger partial charge >= 0.3 is 0 Å². The summed E-state index contributed by atoms with van der Waals surface area (Å²) < 4.78 is 5.60. The largest absolute Gasteiger partial charge is 0.496 e. The molecule has 1 aliphatic heterocycles. The number of hydrogen-bond donors (Lipinski definition) is 1. The fourth-order valence-electron chi connectivity index (χ4n) is 5.82. The maximum Gasteiger partial charge on any atom is 0.124 e. The van der Waals surface area contributed by atoms with Crippen LogP contribution >= 0.6 is 0 Å². The molecular formula is C23H37N3O. The van der Waals surface area contributed by atoms with Gasteiger partial charge in [0.05, 0.1) is 7.11 Å². The van der Waals surface area contributed by atoms with Crippen molar-refractivity contribution in [2.24, 2.45) is 0 Å². The molecule has 2 saturated carbocycles. The summed E-state index contributed by atoms with van der Waals surface area (Å²) in [4.78, 5) is 5.57. The molecule has 2 aliphatic carbocycles. The van der Waals surface area contributed by atoms with E-state index in [0.29, 0.717) is 5.92 Å². The average molecular weight is 372 g/mol. The third kappa shape index (κ3) is 4.27. The summed E-state index contributed by atoms with van der Waals surface area (Å²) in [7, 11) is 1.76. The topological polar surface area (TPSA) is 41.7 Å². The van der Waals surface area contributed by atoms with E-state index in [0.717, 1.165) is 23.5 Å². The predicted octanol–water partition coefficient (Wildman–Crippen LogP) is 4.25. The van der Waals surface area contributed by atoms with Gasteiger partial charge in [0.25, 0.3) is 0 Å². The number of rotatable bonds is 4. The smallest absolute Gasteiger partial charge is 0.124 e. The number of nitrogens with zero attached hydrogens (tertiary/aromatic N) is 2. The zero-order valence-electron chi connectivity index (χ0n) is 17.0. The molecule has 0 spiro atoms. The Hall–Kier alpha value is -1.26. The van der Waals surface area contributed by atoms with Crippen molar-refractivity contribution < 1.29 is 4.74 Å². The lowest BCUT2D eigenvalue weighted by Gasteiger charge is -2.45. The molecule has 1 aromatic rings. The summed E-state index contributed by atoms with van der Waals surface area (Å²) in [5, 5.41) is 0. The van der Waals surface area contributed by atoms with Crippen LogP contribution < -0.4 is 10.5 Å². The van der Waals surface area contributed by atoms with Crippen LogP contribution in [0.2, 0.25) is 0 Å². The van der Waals surface area contributed by atoms with Gasteiger partial charge in [0.1, 0.15) is 5.75 Å². The second-order valence-electron chi connectivity index (χ2n) is 8.83. The van der Waals surface area contributed by atoms with Crippen LogP contribution in [0.3, 0.4) is 0 Å². The number of anilines is 1. The van der Waals surface area contributed by atoms with E-state index in [1.165, 1.54) is 89.5 Å². The maximum atomic E-state index is 6.30. The number of ether oxygens (including phenoxy) is 1. The van der Waals surface area contributed by atoms with Gasteiger partial charge in [0.2, 0.25) is 0 Å². The molecule has 0 amide bonds. The van der Waals surface area contributed by atoms with Gasteiger partial charge in [-0.1, -0.05) is 25.3 Å². The van der Waals surface area contributed by atoms with E-state index in [1.807, 2.05) is 12.1 Å². The zero-order valence-corrected chi connectivity index (χ0v) is 17.0. The van der Waals surface area contributed by atoms with E-state index < -0.39 is 0 Å².